The molecule has 1 saturated heterocycles. The van der Waals surface area contributed by atoms with E-state index in [2.05, 4.69) is 11.1 Å². The second kappa shape index (κ2) is 7.49. The van der Waals surface area contributed by atoms with Crippen LogP contribution in [0.2, 0.25) is 0 Å². The molecule has 1 N–H and O–H groups in total. The fourth-order valence-electron chi connectivity index (χ4n) is 4.43. The van der Waals surface area contributed by atoms with Crippen LogP contribution in [0.25, 0.3) is 11.0 Å². The Morgan fingerprint density at radius 3 is 2.33 bits per heavy atom. The van der Waals surface area contributed by atoms with Crippen LogP contribution in [0.15, 0.2) is 23.0 Å². The molecule has 0 unspecified atom stereocenters. The molecule has 1 aliphatic carbocycles. The third kappa shape index (κ3) is 3.82. The fourth-order valence-corrected chi connectivity index (χ4v) is 4.43. The van der Waals surface area contributed by atoms with Crippen LogP contribution in [0, 0.1) is 5.92 Å². The molecular formula is C22H30N4O4. The average molecular weight is 415 g/mol. The van der Waals surface area contributed by atoms with Gasteiger partial charge in [0.25, 0.3) is 0 Å². The highest BCUT2D eigenvalue weighted by Crippen LogP contribution is 2.44. The molecule has 2 amide bonds. The summed E-state index contributed by atoms with van der Waals surface area (Å²) in [7, 11) is 1.77. The monoisotopic (exact) mass is 414 g/mol. The molecule has 162 valence electrons. The smallest absolute Gasteiger partial charge is 0.410 e. The summed E-state index contributed by atoms with van der Waals surface area (Å²) in [6, 6.07) is 5.92. The summed E-state index contributed by atoms with van der Waals surface area (Å²) < 4.78 is 7.07. The van der Waals surface area contributed by atoms with Crippen LogP contribution in [0.1, 0.15) is 45.1 Å². The number of hydrogen-bond acceptors (Lipinski definition) is 4. The molecule has 1 aliphatic heterocycles. The number of H-pyrrole nitrogens is 1. The zero-order chi connectivity index (χ0) is 21.6. The number of carbonyl (C=O) groups is 2. The minimum absolute atomic E-state index is 0.00861. The number of amides is 2. The number of hydrogen-bond donors (Lipinski definition) is 1. The van der Waals surface area contributed by atoms with E-state index in [1.54, 1.807) is 16.5 Å². The summed E-state index contributed by atoms with van der Waals surface area (Å²) in [6.45, 7) is 7.64. The van der Waals surface area contributed by atoms with Crippen molar-refractivity contribution in [2.24, 2.45) is 13.0 Å². The molecule has 0 radical (unpaired) electrons. The largest absolute Gasteiger partial charge is 0.444 e. The Kier molecular flexibility index (Phi) is 5.11. The number of nitrogens with zero attached hydrogens (tertiary/aromatic N) is 3. The van der Waals surface area contributed by atoms with E-state index in [9.17, 15) is 14.4 Å². The highest BCUT2D eigenvalue weighted by Gasteiger charge is 2.39. The predicted molar refractivity (Wildman–Crippen MR) is 113 cm³/mol. The van der Waals surface area contributed by atoms with E-state index in [1.165, 1.54) is 0 Å². The first-order chi connectivity index (χ1) is 14.1. The van der Waals surface area contributed by atoms with Gasteiger partial charge >= 0.3 is 11.8 Å². The Hall–Kier alpha value is -2.77. The molecule has 0 atom stereocenters. The molecule has 1 aromatic carbocycles. The number of benzene rings is 1. The molecule has 2 heterocycles. The van der Waals surface area contributed by atoms with E-state index in [4.69, 9.17) is 4.74 Å². The zero-order valence-corrected chi connectivity index (χ0v) is 18.1. The lowest BCUT2D eigenvalue weighted by Crippen LogP contribution is -2.53. The molecular weight excluding hydrogens is 384 g/mol. The highest BCUT2D eigenvalue weighted by molar-refractivity contribution is 5.83. The molecule has 2 aliphatic rings. The van der Waals surface area contributed by atoms with Crippen molar-refractivity contribution in [3.05, 3.63) is 34.2 Å². The third-order valence-corrected chi connectivity index (χ3v) is 6.12. The first kappa shape index (κ1) is 20.5. The van der Waals surface area contributed by atoms with Crippen molar-refractivity contribution in [2.45, 2.75) is 45.1 Å². The Morgan fingerprint density at radius 1 is 1.07 bits per heavy atom. The van der Waals surface area contributed by atoms with Crippen molar-refractivity contribution in [2.75, 3.05) is 26.2 Å². The van der Waals surface area contributed by atoms with Crippen LogP contribution in [0.4, 0.5) is 4.79 Å². The number of imidazole rings is 1. The molecule has 0 spiro atoms. The van der Waals surface area contributed by atoms with E-state index in [1.807, 2.05) is 37.8 Å². The maximum atomic E-state index is 12.9. The number of aromatic nitrogens is 2. The number of aromatic amines is 1. The molecule has 30 heavy (non-hydrogen) atoms. The molecule has 2 aromatic rings. The van der Waals surface area contributed by atoms with Crippen molar-refractivity contribution in [3.8, 4) is 0 Å². The lowest BCUT2D eigenvalue weighted by molar-refractivity contribution is -0.140. The van der Waals surface area contributed by atoms with Gasteiger partial charge in [0.15, 0.2) is 0 Å². The number of nitrogens with one attached hydrogen (secondary N) is 1. The van der Waals surface area contributed by atoms with Gasteiger partial charge in [-0.2, -0.15) is 0 Å². The first-order valence-electron chi connectivity index (χ1n) is 10.6. The van der Waals surface area contributed by atoms with E-state index in [-0.39, 0.29) is 29.5 Å². The van der Waals surface area contributed by atoms with Crippen LogP contribution < -0.4 is 5.69 Å². The zero-order valence-electron chi connectivity index (χ0n) is 18.1. The van der Waals surface area contributed by atoms with E-state index >= 15 is 0 Å². The van der Waals surface area contributed by atoms with E-state index in [0.717, 1.165) is 29.4 Å². The Bertz CT molecular complexity index is 1020. The Morgan fingerprint density at radius 2 is 1.70 bits per heavy atom. The van der Waals surface area contributed by atoms with Crippen LogP contribution in [0.3, 0.4) is 0 Å². The van der Waals surface area contributed by atoms with Gasteiger partial charge < -0.3 is 19.5 Å². The van der Waals surface area contributed by atoms with Crippen LogP contribution >= 0.6 is 0 Å². The Labute approximate surface area is 175 Å². The van der Waals surface area contributed by atoms with Crippen LogP contribution in [-0.2, 0) is 16.6 Å². The van der Waals surface area contributed by atoms with Gasteiger partial charge in [0.1, 0.15) is 5.60 Å². The second-order valence-electron chi connectivity index (χ2n) is 9.39. The average Bonchev–Trinajstić information content (AvgIpc) is 2.94. The number of piperazine rings is 1. The van der Waals surface area contributed by atoms with Crippen molar-refractivity contribution >= 4 is 23.0 Å². The first-order valence-corrected chi connectivity index (χ1v) is 10.6. The number of para-hydroxylation sites is 1. The number of rotatable bonds is 2. The molecule has 1 aromatic heterocycles. The quantitative estimate of drug-likeness (QED) is 0.818. The van der Waals surface area contributed by atoms with Gasteiger partial charge in [-0.1, -0.05) is 12.1 Å². The van der Waals surface area contributed by atoms with Gasteiger partial charge in [0.2, 0.25) is 5.91 Å². The Balaban J connectivity index is 1.34. The topological polar surface area (TPSA) is 87.6 Å². The van der Waals surface area contributed by atoms with Crippen molar-refractivity contribution in [1.82, 2.24) is 19.4 Å². The number of aryl methyl sites for hydroxylation is 1. The van der Waals surface area contributed by atoms with Gasteiger partial charge in [0, 0.05) is 39.1 Å². The van der Waals surface area contributed by atoms with Gasteiger partial charge in [-0.05, 0) is 51.2 Å². The summed E-state index contributed by atoms with van der Waals surface area (Å²) in [5.41, 5.74) is 2.27. The fraction of sp³-hybridized carbons (Fsp3) is 0.591. The SMILES string of the molecule is Cn1c(=O)[nH]c2cccc(C3CC(C(=O)N4CCN(C(=O)OC(C)(C)C)CC4)C3)c21. The molecule has 1 saturated carbocycles. The maximum absolute atomic E-state index is 12.9. The normalized spacial score (nSPS) is 22.1. The number of ether oxygens (including phenoxy) is 1. The number of carbonyl (C=O) groups excluding carboxylic acids is 2. The molecule has 8 heteroatoms. The van der Waals surface area contributed by atoms with Gasteiger partial charge in [-0.25, -0.2) is 9.59 Å². The molecule has 2 fully saturated rings. The lowest BCUT2D eigenvalue weighted by Gasteiger charge is -2.41. The van der Waals surface area contributed by atoms with Gasteiger partial charge in [0.05, 0.1) is 11.0 Å². The standard InChI is InChI=1S/C22H30N4O4/c1-22(2,3)30-21(29)26-10-8-25(9-11-26)19(27)15-12-14(13-15)16-6-5-7-17-18(16)24(4)20(28)23-17/h5-7,14-15H,8-13H2,1-4H3,(H,23,28). The molecule has 4 rings (SSSR count). The summed E-state index contributed by atoms with van der Waals surface area (Å²) in [4.78, 5) is 43.5. The van der Waals surface area contributed by atoms with E-state index < -0.39 is 5.60 Å². The van der Waals surface area contributed by atoms with Crippen molar-refractivity contribution in [3.63, 3.8) is 0 Å². The third-order valence-electron chi connectivity index (χ3n) is 6.12. The molecule has 8 nitrogen and oxygen atoms in total. The van der Waals surface area contributed by atoms with Gasteiger partial charge in [-0.3, -0.25) is 9.36 Å². The van der Waals surface area contributed by atoms with Crippen LogP contribution in [-0.4, -0.2) is 63.1 Å². The summed E-state index contributed by atoms with van der Waals surface area (Å²) >= 11 is 0. The van der Waals surface area contributed by atoms with Crippen molar-refractivity contribution < 1.29 is 14.3 Å². The lowest BCUT2D eigenvalue weighted by atomic mass is 9.70. The van der Waals surface area contributed by atoms with Gasteiger partial charge in [-0.15, -0.1) is 0 Å². The maximum Gasteiger partial charge on any atom is 0.410 e. The summed E-state index contributed by atoms with van der Waals surface area (Å²) in [5.74, 6) is 0.464. The number of fused-ring (bicyclic) bond motifs is 1. The van der Waals surface area contributed by atoms with Crippen LogP contribution in [0.5, 0.6) is 0 Å². The minimum atomic E-state index is -0.517. The van der Waals surface area contributed by atoms with Crippen molar-refractivity contribution in [1.29, 1.82) is 0 Å². The minimum Gasteiger partial charge on any atom is -0.444 e. The highest BCUT2D eigenvalue weighted by atomic mass is 16.6. The second-order valence-corrected chi connectivity index (χ2v) is 9.39. The summed E-state index contributed by atoms with van der Waals surface area (Å²) in [6.07, 6.45) is 1.27. The molecule has 0 bridgehead atoms. The van der Waals surface area contributed by atoms with E-state index in [0.29, 0.717) is 26.2 Å². The summed E-state index contributed by atoms with van der Waals surface area (Å²) in [5, 5.41) is 0. The predicted octanol–water partition coefficient (Wildman–Crippen LogP) is 2.44.